The van der Waals surface area contributed by atoms with Crippen LogP contribution in [0.1, 0.15) is 29.2 Å². The maximum absolute atomic E-state index is 12.9. The Morgan fingerprint density at radius 3 is 2.52 bits per heavy atom. The minimum Gasteiger partial charge on any atom is -0.348 e. The second-order valence-corrected chi connectivity index (χ2v) is 8.11. The fourth-order valence-corrected chi connectivity index (χ4v) is 3.74. The monoisotopic (exact) mass is 433 g/mol. The average Bonchev–Trinajstić information content (AvgIpc) is 3.08. The number of hydrogen-bond acceptors (Lipinski definition) is 3. The van der Waals surface area contributed by atoms with Crippen molar-refractivity contribution in [1.29, 1.82) is 0 Å². The van der Waals surface area contributed by atoms with Gasteiger partial charge in [-0.25, -0.2) is 0 Å². The number of carbonyl (C=O) groups excluding carboxylic acids is 2. The highest BCUT2D eigenvalue weighted by molar-refractivity contribution is 5.89. The molecule has 0 saturated carbocycles. The topological polar surface area (TPSA) is 52.7 Å². The number of likely N-dealkylation sites (N-methyl/N-ethyl adjacent to an activating group) is 1. The number of alkyl halides is 3. The lowest BCUT2D eigenvalue weighted by molar-refractivity contribution is -0.137. The molecule has 2 aromatic rings. The molecule has 1 aliphatic rings. The van der Waals surface area contributed by atoms with Gasteiger partial charge in [0, 0.05) is 26.1 Å². The van der Waals surface area contributed by atoms with E-state index in [1.54, 1.807) is 6.07 Å². The second kappa shape index (κ2) is 9.51. The number of rotatable bonds is 7. The molecule has 31 heavy (non-hydrogen) atoms. The Morgan fingerprint density at radius 1 is 1.16 bits per heavy atom. The Balaban J connectivity index is 1.65. The molecule has 0 bridgehead atoms. The fraction of sp³-hybridized carbons (Fsp3) is 0.391. The number of hydrogen-bond donors (Lipinski definition) is 1. The van der Waals surface area contributed by atoms with Gasteiger partial charge in [-0.3, -0.25) is 9.59 Å². The van der Waals surface area contributed by atoms with Gasteiger partial charge in [0.05, 0.1) is 17.5 Å². The van der Waals surface area contributed by atoms with Gasteiger partial charge in [-0.1, -0.05) is 42.5 Å². The van der Waals surface area contributed by atoms with Crippen LogP contribution in [0.4, 0.5) is 13.2 Å². The molecule has 1 N–H and O–H groups in total. The molecule has 2 amide bonds. The van der Waals surface area contributed by atoms with Crippen molar-refractivity contribution in [3.8, 4) is 0 Å². The number of likely N-dealkylation sites (tertiary alicyclic amines) is 1. The third-order valence-corrected chi connectivity index (χ3v) is 5.28. The van der Waals surface area contributed by atoms with E-state index in [0.29, 0.717) is 12.1 Å². The maximum Gasteiger partial charge on any atom is 0.416 e. The van der Waals surface area contributed by atoms with Crippen LogP contribution in [0.15, 0.2) is 54.6 Å². The number of halogens is 3. The Bertz CT molecular complexity index is 916. The van der Waals surface area contributed by atoms with Gasteiger partial charge in [0.1, 0.15) is 0 Å². The van der Waals surface area contributed by atoms with Crippen LogP contribution >= 0.6 is 0 Å². The van der Waals surface area contributed by atoms with Crippen LogP contribution < -0.4 is 5.32 Å². The molecule has 1 heterocycles. The summed E-state index contributed by atoms with van der Waals surface area (Å²) in [6.07, 6.45) is -4.39. The minimum absolute atomic E-state index is 0.0480. The molecule has 1 saturated heterocycles. The zero-order valence-electron chi connectivity index (χ0n) is 17.5. The second-order valence-electron chi connectivity index (χ2n) is 8.11. The zero-order chi connectivity index (χ0) is 22.6. The highest BCUT2D eigenvalue weighted by Gasteiger charge is 2.36. The van der Waals surface area contributed by atoms with Crippen LogP contribution in [0.5, 0.6) is 0 Å². The molecule has 0 aromatic heterocycles. The molecule has 5 nitrogen and oxygen atoms in total. The van der Waals surface area contributed by atoms with Crippen molar-refractivity contribution in [3.63, 3.8) is 0 Å². The summed E-state index contributed by atoms with van der Waals surface area (Å²) in [6.45, 7) is 0.834. The molecule has 0 radical (unpaired) electrons. The Morgan fingerprint density at radius 2 is 1.87 bits per heavy atom. The summed E-state index contributed by atoms with van der Waals surface area (Å²) < 4.78 is 38.8. The van der Waals surface area contributed by atoms with Gasteiger partial charge in [-0.2, -0.15) is 13.2 Å². The fourth-order valence-electron chi connectivity index (χ4n) is 3.74. The number of benzene rings is 2. The van der Waals surface area contributed by atoms with E-state index in [4.69, 9.17) is 0 Å². The summed E-state index contributed by atoms with van der Waals surface area (Å²) in [4.78, 5) is 28.7. The lowest BCUT2D eigenvalue weighted by Crippen LogP contribution is -2.39. The van der Waals surface area contributed by atoms with Crippen molar-refractivity contribution in [2.45, 2.75) is 25.2 Å². The average molecular weight is 433 g/mol. The molecule has 3 rings (SSSR count). The largest absolute Gasteiger partial charge is 0.416 e. The normalized spacial score (nSPS) is 17.8. The quantitative estimate of drug-likeness (QED) is 0.728. The zero-order valence-corrected chi connectivity index (χ0v) is 17.5. The predicted molar refractivity (Wildman–Crippen MR) is 111 cm³/mol. The summed E-state index contributed by atoms with van der Waals surface area (Å²) in [5.74, 6) is -0.997. The van der Waals surface area contributed by atoms with Gasteiger partial charge in [0.15, 0.2) is 0 Å². The van der Waals surface area contributed by atoms with Crippen LogP contribution in [0.3, 0.4) is 0 Å². The number of amides is 2. The molecule has 0 spiro atoms. The van der Waals surface area contributed by atoms with Gasteiger partial charge in [-0.05, 0) is 37.4 Å². The Hall–Kier alpha value is -2.87. The highest BCUT2D eigenvalue weighted by atomic mass is 19.4. The van der Waals surface area contributed by atoms with Crippen molar-refractivity contribution in [3.05, 3.63) is 71.3 Å². The lowest BCUT2D eigenvalue weighted by Gasteiger charge is -2.24. The first-order valence-corrected chi connectivity index (χ1v) is 10.1. The van der Waals surface area contributed by atoms with Crippen LogP contribution in [-0.4, -0.2) is 48.8 Å². The predicted octanol–water partition coefficient (Wildman–Crippen LogP) is 3.47. The van der Waals surface area contributed by atoms with Gasteiger partial charge >= 0.3 is 6.18 Å². The molecule has 1 fully saturated rings. The van der Waals surface area contributed by atoms with Crippen molar-refractivity contribution < 1.29 is 22.8 Å². The first-order valence-electron chi connectivity index (χ1n) is 10.1. The van der Waals surface area contributed by atoms with Crippen molar-refractivity contribution in [2.75, 3.05) is 27.2 Å². The van der Waals surface area contributed by atoms with Gasteiger partial charge in [0.2, 0.25) is 11.8 Å². The van der Waals surface area contributed by atoms with E-state index in [1.807, 2.05) is 49.3 Å². The summed E-state index contributed by atoms with van der Waals surface area (Å²) in [6, 6.07) is 14.3. The van der Waals surface area contributed by atoms with Crippen LogP contribution in [0.2, 0.25) is 0 Å². The van der Waals surface area contributed by atoms with E-state index >= 15 is 0 Å². The number of carbonyl (C=O) groups is 2. The first-order chi connectivity index (χ1) is 14.6. The van der Waals surface area contributed by atoms with E-state index in [2.05, 4.69) is 5.32 Å². The van der Waals surface area contributed by atoms with E-state index in [-0.39, 0.29) is 37.4 Å². The van der Waals surface area contributed by atoms with Crippen molar-refractivity contribution in [1.82, 2.24) is 15.1 Å². The summed E-state index contributed by atoms with van der Waals surface area (Å²) in [5, 5.41) is 3.03. The van der Waals surface area contributed by atoms with Crippen molar-refractivity contribution >= 4 is 11.8 Å². The SMILES string of the molecule is CN(C)CC(NC(=O)C1CC(=O)N(Cc2cccc(C(F)(F)F)c2)C1)c1ccccc1. The molecule has 2 aromatic carbocycles. The number of nitrogens with one attached hydrogen (secondary N) is 1. The van der Waals surface area contributed by atoms with Crippen LogP contribution in [-0.2, 0) is 22.3 Å². The minimum atomic E-state index is -4.44. The number of nitrogens with zero attached hydrogens (tertiary/aromatic N) is 2. The van der Waals surface area contributed by atoms with Crippen molar-refractivity contribution in [2.24, 2.45) is 5.92 Å². The third kappa shape index (κ3) is 6.07. The molecular formula is C23H26F3N3O2. The summed E-state index contributed by atoms with van der Waals surface area (Å²) in [5.41, 5.74) is 0.606. The molecule has 2 unspecified atom stereocenters. The van der Waals surface area contributed by atoms with Gasteiger partial charge < -0.3 is 15.1 Å². The van der Waals surface area contributed by atoms with E-state index < -0.39 is 17.7 Å². The molecule has 2 atom stereocenters. The third-order valence-electron chi connectivity index (χ3n) is 5.28. The lowest BCUT2D eigenvalue weighted by atomic mass is 10.0. The van der Waals surface area contributed by atoms with E-state index in [1.165, 1.54) is 11.0 Å². The highest BCUT2D eigenvalue weighted by Crippen LogP contribution is 2.30. The Labute approximate surface area is 179 Å². The van der Waals surface area contributed by atoms with Crippen LogP contribution in [0, 0.1) is 5.92 Å². The molecule has 8 heteroatoms. The summed E-state index contributed by atoms with van der Waals surface area (Å²) >= 11 is 0. The molecule has 1 aliphatic heterocycles. The van der Waals surface area contributed by atoms with Gasteiger partial charge in [0.25, 0.3) is 0 Å². The molecule has 0 aliphatic carbocycles. The first kappa shape index (κ1) is 22.8. The van der Waals surface area contributed by atoms with Gasteiger partial charge in [-0.15, -0.1) is 0 Å². The van der Waals surface area contributed by atoms with Crippen LogP contribution in [0.25, 0.3) is 0 Å². The standard InChI is InChI=1S/C23H26F3N3O2/c1-28(2)15-20(17-8-4-3-5-9-17)27-22(31)18-12-21(30)29(14-18)13-16-7-6-10-19(11-16)23(24,25)26/h3-11,18,20H,12-15H2,1-2H3,(H,27,31). The summed E-state index contributed by atoms with van der Waals surface area (Å²) in [7, 11) is 3.83. The Kier molecular flexibility index (Phi) is 7.00. The smallest absolute Gasteiger partial charge is 0.348 e. The maximum atomic E-state index is 12.9. The molecular weight excluding hydrogens is 407 g/mol. The van der Waals surface area contributed by atoms with E-state index in [0.717, 1.165) is 17.7 Å². The molecule has 166 valence electrons. The van der Waals surface area contributed by atoms with E-state index in [9.17, 15) is 22.8 Å².